The van der Waals surface area contributed by atoms with Crippen molar-refractivity contribution in [2.45, 2.75) is 13.0 Å². The second-order valence-electron chi connectivity index (χ2n) is 5.55. The van der Waals surface area contributed by atoms with Gasteiger partial charge in [0.1, 0.15) is 5.01 Å². The molecule has 0 spiro atoms. The van der Waals surface area contributed by atoms with Crippen LogP contribution in [0.5, 0.6) is 0 Å². The predicted molar refractivity (Wildman–Crippen MR) is 109 cm³/mol. The number of carbonyl (C=O) groups excluding carboxylic acids is 1. The number of nitro groups is 1. The Kier molecular flexibility index (Phi) is 5.62. The number of amides is 1. The Balaban J connectivity index is 1.77. The van der Waals surface area contributed by atoms with Gasteiger partial charge in [0.15, 0.2) is 0 Å². The summed E-state index contributed by atoms with van der Waals surface area (Å²) in [5.74, 6) is -0.359. The van der Waals surface area contributed by atoms with Crippen LogP contribution in [0.2, 0.25) is 0 Å². The summed E-state index contributed by atoms with van der Waals surface area (Å²) < 4.78 is 0.655. The van der Waals surface area contributed by atoms with Crippen molar-refractivity contribution >= 4 is 45.5 Å². The number of hydrogen-bond donors (Lipinski definition) is 1. The first-order chi connectivity index (χ1) is 12.5. The first kappa shape index (κ1) is 18.5. The van der Waals surface area contributed by atoms with E-state index >= 15 is 0 Å². The lowest BCUT2D eigenvalue weighted by Crippen LogP contribution is -2.27. The first-order valence-electron chi connectivity index (χ1n) is 7.71. The van der Waals surface area contributed by atoms with Crippen molar-refractivity contribution in [1.82, 2.24) is 10.3 Å². The highest BCUT2D eigenvalue weighted by Gasteiger charge is 2.19. The molecule has 0 saturated heterocycles. The van der Waals surface area contributed by atoms with Gasteiger partial charge in [-0.25, -0.2) is 4.98 Å². The Morgan fingerprint density at radius 1 is 1.27 bits per heavy atom. The molecule has 0 aliphatic carbocycles. The second-order valence-corrected chi connectivity index (χ2v) is 7.61. The number of hydrogen-bond acceptors (Lipinski definition) is 5. The molecule has 3 aromatic rings. The zero-order valence-corrected chi connectivity index (χ0v) is 16.7. The van der Waals surface area contributed by atoms with Crippen LogP contribution in [0.15, 0.2) is 53.9 Å². The lowest BCUT2D eigenvalue weighted by molar-refractivity contribution is -0.384. The van der Waals surface area contributed by atoms with Gasteiger partial charge in [0.25, 0.3) is 11.6 Å². The molecule has 1 amide bonds. The molecule has 132 valence electrons. The van der Waals surface area contributed by atoms with E-state index in [9.17, 15) is 14.9 Å². The largest absolute Gasteiger partial charge is 0.343 e. The van der Waals surface area contributed by atoms with E-state index in [1.54, 1.807) is 6.07 Å². The molecule has 1 aromatic heterocycles. The first-order valence-corrected chi connectivity index (χ1v) is 9.67. The van der Waals surface area contributed by atoms with Crippen LogP contribution in [-0.4, -0.2) is 15.8 Å². The third-order valence-electron chi connectivity index (χ3n) is 3.71. The van der Waals surface area contributed by atoms with Crippen LogP contribution < -0.4 is 5.32 Å². The van der Waals surface area contributed by atoms with E-state index in [0.29, 0.717) is 3.57 Å². The number of nitrogens with zero attached hydrogens (tertiary/aromatic N) is 2. The Morgan fingerprint density at radius 2 is 2.00 bits per heavy atom. The lowest BCUT2D eigenvalue weighted by Gasteiger charge is -2.12. The molecule has 0 aliphatic heterocycles. The number of benzene rings is 2. The molecule has 1 atom stereocenters. The molecule has 0 radical (unpaired) electrons. The fraction of sp³-hybridized carbons (Fsp3) is 0.111. The minimum absolute atomic E-state index is 0.108. The van der Waals surface area contributed by atoms with Gasteiger partial charge < -0.3 is 5.32 Å². The van der Waals surface area contributed by atoms with Crippen LogP contribution in [0.25, 0.3) is 11.3 Å². The maximum Gasteiger partial charge on any atom is 0.270 e. The number of carbonyl (C=O) groups is 1. The molecule has 1 heterocycles. The maximum atomic E-state index is 12.5. The fourth-order valence-corrected chi connectivity index (χ4v) is 3.78. The Bertz CT molecular complexity index is 959. The summed E-state index contributed by atoms with van der Waals surface area (Å²) in [7, 11) is 0. The molecule has 0 bridgehead atoms. The minimum atomic E-state index is -0.511. The Labute approximate surface area is 167 Å². The lowest BCUT2D eigenvalue weighted by atomic mass is 10.1. The highest BCUT2D eigenvalue weighted by molar-refractivity contribution is 14.1. The van der Waals surface area contributed by atoms with Crippen molar-refractivity contribution in [2.75, 3.05) is 0 Å². The average Bonchev–Trinajstić information content (AvgIpc) is 3.13. The summed E-state index contributed by atoms with van der Waals surface area (Å²) in [5.41, 5.74) is 2.05. The number of rotatable bonds is 5. The van der Waals surface area contributed by atoms with Gasteiger partial charge in [0.2, 0.25) is 0 Å². The van der Waals surface area contributed by atoms with Crippen molar-refractivity contribution in [3.05, 3.63) is 78.2 Å². The number of nitrogens with one attached hydrogen (secondary N) is 1. The maximum absolute atomic E-state index is 12.5. The zero-order chi connectivity index (χ0) is 18.7. The van der Waals surface area contributed by atoms with Gasteiger partial charge in [-0.3, -0.25) is 14.9 Å². The summed E-state index contributed by atoms with van der Waals surface area (Å²) in [5, 5.41) is 16.5. The fourth-order valence-electron chi connectivity index (χ4n) is 2.36. The smallest absolute Gasteiger partial charge is 0.270 e. The van der Waals surface area contributed by atoms with Crippen LogP contribution in [-0.2, 0) is 0 Å². The van der Waals surface area contributed by atoms with E-state index in [1.807, 2.05) is 65.2 Å². The molecule has 26 heavy (non-hydrogen) atoms. The van der Waals surface area contributed by atoms with E-state index in [4.69, 9.17) is 0 Å². The van der Waals surface area contributed by atoms with Crippen LogP contribution in [0.3, 0.4) is 0 Å². The number of thiazole rings is 1. The molecule has 1 N–H and O–H groups in total. The molecular formula is C18H14IN3O3S. The summed E-state index contributed by atoms with van der Waals surface area (Å²) in [4.78, 5) is 27.5. The van der Waals surface area contributed by atoms with E-state index in [2.05, 4.69) is 10.3 Å². The number of aromatic nitrogens is 1. The van der Waals surface area contributed by atoms with Crippen molar-refractivity contribution < 1.29 is 9.72 Å². The topological polar surface area (TPSA) is 85.1 Å². The van der Waals surface area contributed by atoms with Crippen molar-refractivity contribution in [2.24, 2.45) is 0 Å². The average molecular weight is 479 g/mol. The van der Waals surface area contributed by atoms with Gasteiger partial charge in [-0.1, -0.05) is 30.3 Å². The molecule has 2 aromatic carbocycles. The minimum Gasteiger partial charge on any atom is -0.343 e. The van der Waals surface area contributed by atoms with Crippen molar-refractivity contribution in [3.63, 3.8) is 0 Å². The van der Waals surface area contributed by atoms with Gasteiger partial charge >= 0.3 is 0 Å². The third-order valence-corrected chi connectivity index (χ3v) is 5.68. The van der Waals surface area contributed by atoms with Crippen molar-refractivity contribution in [3.8, 4) is 11.3 Å². The van der Waals surface area contributed by atoms with E-state index in [1.165, 1.54) is 23.5 Å². The molecule has 3 rings (SSSR count). The van der Waals surface area contributed by atoms with E-state index in [-0.39, 0.29) is 23.2 Å². The Morgan fingerprint density at radius 3 is 2.69 bits per heavy atom. The number of non-ortho nitro benzene ring substituents is 1. The highest BCUT2D eigenvalue weighted by atomic mass is 127. The molecule has 0 saturated carbocycles. The van der Waals surface area contributed by atoms with Gasteiger partial charge in [-0.05, 0) is 35.6 Å². The van der Waals surface area contributed by atoms with E-state index in [0.717, 1.165) is 16.3 Å². The normalized spacial score (nSPS) is 11.8. The summed E-state index contributed by atoms with van der Waals surface area (Å²) in [6.45, 7) is 1.84. The number of halogens is 1. The molecular weight excluding hydrogens is 465 g/mol. The molecule has 1 unspecified atom stereocenters. The van der Waals surface area contributed by atoms with Crippen LogP contribution >= 0.6 is 33.9 Å². The SMILES string of the molecule is CC(NC(=O)c1cc([N+](=O)[O-])ccc1I)c1nc(-c2ccccc2)cs1. The van der Waals surface area contributed by atoms with E-state index < -0.39 is 4.92 Å². The Hall–Kier alpha value is -2.33. The van der Waals surface area contributed by atoms with Gasteiger partial charge in [-0.2, -0.15) is 0 Å². The standard InChI is InChI=1S/C18H14IN3O3S/c1-11(18-21-16(10-26-18)12-5-3-2-4-6-12)20-17(23)14-9-13(22(24)25)7-8-15(14)19/h2-11H,1H3,(H,20,23). The second kappa shape index (κ2) is 7.92. The third kappa shape index (κ3) is 4.07. The van der Waals surface area contributed by atoms with Crippen molar-refractivity contribution in [1.29, 1.82) is 0 Å². The van der Waals surface area contributed by atoms with Crippen LogP contribution in [0.1, 0.15) is 28.3 Å². The highest BCUT2D eigenvalue weighted by Crippen LogP contribution is 2.26. The zero-order valence-electron chi connectivity index (χ0n) is 13.7. The summed E-state index contributed by atoms with van der Waals surface area (Å²) >= 11 is 3.46. The van der Waals surface area contributed by atoms with Crippen LogP contribution in [0.4, 0.5) is 5.69 Å². The summed E-state index contributed by atoms with van der Waals surface area (Å²) in [6.07, 6.45) is 0. The quantitative estimate of drug-likeness (QED) is 0.323. The number of nitro benzene ring substituents is 1. The monoisotopic (exact) mass is 479 g/mol. The molecule has 0 aliphatic rings. The van der Waals surface area contributed by atoms with Gasteiger partial charge in [-0.15, -0.1) is 11.3 Å². The molecule has 0 fully saturated rings. The van der Waals surface area contributed by atoms with Gasteiger partial charge in [0, 0.05) is 26.6 Å². The summed E-state index contributed by atoms with van der Waals surface area (Å²) in [6, 6.07) is 13.7. The van der Waals surface area contributed by atoms with Crippen LogP contribution in [0, 0.1) is 13.7 Å². The molecule has 8 heteroatoms. The molecule has 6 nitrogen and oxygen atoms in total. The van der Waals surface area contributed by atoms with Gasteiger partial charge in [0.05, 0.1) is 22.2 Å². The predicted octanol–water partition coefficient (Wildman–Crippen LogP) is 4.81.